The lowest BCUT2D eigenvalue weighted by Gasteiger charge is -1.99. The molecule has 54 valence electrons. The summed E-state index contributed by atoms with van der Waals surface area (Å²) in [5.41, 5.74) is 0. The van der Waals surface area contributed by atoms with Crippen molar-refractivity contribution in [2.45, 2.75) is 19.8 Å². The lowest BCUT2D eigenvalue weighted by molar-refractivity contribution is -0.686. The average molecular weight is 138 g/mol. The van der Waals surface area contributed by atoms with Crippen LogP contribution >= 0.6 is 0 Å². The van der Waals surface area contributed by atoms with Gasteiger partial charge in [0.05, 0.1) is 7.05 Å². The fourth-order valence-corrected chi connectivity index (χ4v) is 0.929. The highest BCUT2D eigenvalue weighted by Gasteiger charge is 2.09. The van der Waals surface area contributed by atoms with E-state index in [9.17, 15) is 0 Å². The number of nitrogens with zero attached hydrogens (tertiary/aromatic N) is 3. The second-order valence-corrected chi connectivity index (χ2v) is 2.63. The van der Waals surface area contributed by atoms with Crippen LogP contribution in [0.3, 0.4) is 0 Å². The minimum absolute atomic E-state index is 0.466. The number of hydrogen-bond donors (Lipinski definition) is 0. The molecule has 10 heavy (non-hydrogen) atoms. The summed E-state index contributed by atoms with van der Waals surface area (Å²) in [7, 11) is 1.95. The van der Waals surface area contributed by atoms with E-state index in [-0.39, 0.29) is 0 Å². The van der Waals surface area contributed by atoms with Crippen LogP contribution in [0.2, 0.25) is 0 Å². The SMILES string of the molecule is CC(C)c1ncnc[n+]1C. The van der Waals surface area contributed by atoms with E-state index < -0.39 is 0 Å². The van der Waals surface area contributed by atoms with E-state index in [2.05, 4.69) is 23.8 Å². The molecule has 1 heterocycles. The third-order valence-electron chi connectivity index (χ3n) is 1.37. The fraction of sp³-hybridized carbons (Fsp3) is 0.571. The summed E-state index contributed by atoms with van der Waals surface area (Å²) in [5, 5.41) is 0. The summed E-state index contributed by atoms with van der Waals surface area (Å²) in [6, 6.07) is 0. The van der Waals surface area contributed by atoms with Gasteiger partial charge >= 0.3 is 0 Å². The molecule has 0 unspecified atom stereocenters. The van der Waals surface area contributed by atoms with E-state index in [1.165, 1.54) is 0 Å². The van der Waals surface area contributed by atoms with Crippen LogP contribution in [0, 0.1) is 0 Å². The van der Waals surface area contributed by atoms with E-state index in [0.717, 1.165) is 5.82 Å². The van der Waals surface area contributed by atoms with Gasteiger partial charge < -0.3 is 0 Å². The molecule has 0 fully saturated rings. The molecule has 0 saturated carbocycles. The summed E-state index contributed by atoms with van der Waals surface area (Å²) in [5.74, 6) is 1.53. The highest BCUT2D eigenvalue weighted by Crippen LogP contribution is 2.02. The van der Waals surface area contributed by atoms with Crippen molar-refractivity contribution in [3.05, 3.63) is 18.5 Å². The van der Waals surface area contributed by atoms with Gasteiger partial charge in [-0.15, -0.1) is 0 Å². The Morgan fingerprint density at radius 1 is 1.50 bits per heavy atom. The van der Waals surface area contributed by atoms with Crippen LogP contribution < -0.4 is 4.57 Å². The molecule has 0 amide bonds. The van der Waals surface area contributed by atoms with Gasteiger partial charge in [0.15, 0.2) is 0 Å². The van der Waals surface area contributed by atoms with Crippen molar-refractivity contribution in [2.24, 2.45) is 7.05 Å². The molecular weight excluding hydrogens is 126 g/mol. The maximum Gasteiger partial charge on any atom is 0.264 e. The van der Waals surface area contributed by atoms with Gasteiger partial charge in [0.25, 0.3) is 6.33 Å². The summed E-state index contributed by atoms with van der Waals surface area (Å²) in [6.07, 6.45) is 3.34. The summed E-state index contributed by atoms with van der Waals surface area (Å²) in [4.78, 5) is 8.01. The molecule has 0 bridgehead atoms. The summed E-state index contributed by atoms with van der Waals surface area (Å²) in [6.45, 7) is 4.23. The van der Waals surface area contributed by atoms with Crippen molar-refractivity contribution in [1.29, 1.82) is 0 Å². The Bertz CT molecular complexity index is 220. The van der Waals surface area contributed by atoms with E-state index in [1.54, 1.807) is 12.7 Å². The normalized spacial score (nSPS) is 10.4. The molecule has 3 nitrogen and oxygen atoms in total. The smallest absolute Gasteiger partial charge is 0.240 e. The van der Waals surface area contributed by atoms with E-state index >= 15 is 0 Å². The molecule has 0 atom stereocenters. The molecule has 3 heteroatoms. The van der Waals surface area contributed by atoms with Crippen molar-refractivity contribution in [1.82, 2.24) is 9.97 Å². The van der Waals surface area contributed by atoms with Crippen LogP contribution in [0.5, 0.6) is 0 Å². The van der Waals surface area contributed by atoms with Crippen LogP contribution in [-0.2, 0) is 7.05 Å². The molecule has 1 aromatic rings. The molecule has 0 N–H and O–H groups in total. The monoisotopic (exact) mass is 138 g/mol. The second kappa shape index (κ2) is 2.73. The first kappa shape index (κ1) is 7.12. The molecular formula is C7H12N3+. The van der Waals surface area contributed by atoms with Crippen molar-refractivity contribution in [2.75, 3.05) is 0 Å². The molecule has 0 aromatic carbocycles. The lowest BCUT2D eigenvalue weighted by Crippen LogP contribution is -2.35. The van der Waals surface area contributed by atoms with E-state index in [4.69, 9.17) is 0 Å². The maximum absolute atomic E-state index is 4.13. The van der Waals surface area contributed by atoms with E-state index in [0.29, 0.717) is 5.92 Å². The van der Waals surface area contributed by atoms with E-state index in [1.807, 2.05) is 11.6 Å². The minimum Gasteiger partial charge on any atom is -0.240 e. The first-order chi connectivity index (χ1) is 4.72. The quantitative estimate of drug-likeness (QED) is 0.526. The molecule has 1 aromatic heterocycles. The largest absolute Gasteiger partial charge is 0.264 e. The van der Waals surface area contributed by atoms with Crippen molar-refractivity contribution in [3.8, 4) is 0 Å². The van der Waals surface area contributed by atoms with Gasteiger partial charge in [-0.1, -0.05) is 23.8 Å². The third-order valence-corrected chi connectivity index (χ3v) is 1.37. The molecule has 1 rings (SSSR count). The second-order valence-electron chi connectivity index (χ2n) is 2.63. The van der Waals surface area contributed by atoms with Crippen LogP contribution in [-0.4, -0.2) is 9.97 Å². The Morgan fingerprint density at radius 2 is 2.20 bits per heavy atom. The number of hydrogen-bond acceptors (Lipinski definition) is 2. The fourth-order valence-electron chi connectivity index (χ4n) is 0.929. The van der Waals surface area contributed by atoms with Gasteiger partial charge in [0.1, 0.15) is 0 Å². The molecule has 0 saturated heterocycles. The zero-order valence-electron chi connectivity index (χ0n) is 6.57. The Labute approximate surface area is 60.8 Å². The highest BCUT2D eigenvalue weighted by atomic mass is 15.1. The van der Waals surface area contributed by atoms with Crippen molar-refractivity contribution >= 4 is 0 Å². The van der Waals surface area contributed by atoms with Gasteiger partial charge in [-0.25, -0.2) is 4.57 Å². The number of aryl methyl sites for hydroxylation is 1. The molecule has 0 radical (unpaired) electrons. The average Bonchev–Trinajstić information content (AvgIpc) is 1.88. The summed E-state index contributed by atoms with van der Waals surface area (Å²) < 4.78 is 1.94. The maximum atomic E-state index is 4.13. The molecule has 0 aliphatic rings. The molecule has 0 aliphatic heterocycles. The third kappa shape index (κ3) is 1.29. The minimum atomic E-state index is 0.466. The standard InChI is InChI=1S/C7H12N3/c1-6(2)7-9-4-8-5-10(7)3/h4-6H,1-3H3/q+1. The van der Waals surface area contributed by atoms with Gasteiger partial charge in [0, 0.05) is 5.92 Å². The van der Waals surface area contributed by atoms with Crippen molar-refractivity contribution < 1.29 is 4.57 Å². The molecule has 0 aliphatic carbocycles. The lowest BCUT2D eigenvalue weighted by atomic mass is 10.2. The first-order valence-electron chi connectivity index (χ1n) is 3.37. The Morgan fingerprint density at radius 3 is 2.60 bits per heavy atom. The topological polar surface area (TPSA) is 29.7 Å². The predicted molar refractivity (Wildman–Crippen MR) is 37.3 cm³/mol. The first-order valence-corrected chi connectivity index (χ1v) is 3.37. The van der Waals surface area contributed by atoms with Gasteiger partial charge in [-0.2, -0.15) is 0 Å². The van der Waals surface area contributed by atoms with Crippen molar-refractivity contribution in [3.63, 3.8) is 0 Å². The Balaban J connectivity index is 3.03. The Kier molecular flexibility index (Phi) is 1.94. The van der Waals surface area contributed by atoms with Crippen LogP contribution in [0.25, 0.3) is 0 Å². The van der Waals surface area contributed by atoms with Gasteiger partial charge in [-0.05, 0) is 0 Å². The van der Waals surface area contributed by atoms with Crippen LogP contribution in [0.1, 0.15) is 25.6 Å². The Hall–Kier alpha value is -0.990. The van der Waals surface area contributed by atoms with Gasteiger partial charge in [-0.3, -0.25) is 0 Å². The number of aromatic nitrogens is 3. The number of rotatable bonds is 1. The zero-order valence-corrected chi connectivity index (χ0v) is 6.57. The van der Waals surface area contributed by atoms with Crippen LogP contribution in [0.15, 0.2) is 12.7 Å². The summed E-state index contributed by atoms with van der Waals surface area (Å²) >= 11 is 0. The zero-order chi connectivity index (χ0) is 7.56. The van der Waals surface area contributed by atoms with Crippen LogP contribution in [0.4, 0.5) is 0 Å². The predicted octanol–water partition coefficient (Wildman–Crippen LogP) is 0.424. The molecule has 0 spiro atoms. The highest BCUT2D eigenvalue weighted by molar-refractivity contribution is 4.80. The van der Waals surface area contributed by atoms with Gasteiger partial charge in [0.2, 0.25) is 12.2 Å².